The number of hydrazine groups is 2. The highest BCUT2D eigenvalue weighted by Crippen LogP contribution is 2.36. The van der Waals surface area contributed by atoms with Crippen LogP contribution in [0.1, 0.15) is 5.56 Å². The van der Waals surface area contributed by atoms with Gasteiger partial charge < -0.3 is 10.5 Å². The van der Waals surface area contributed by atoms with Gasteiger partial charge in [0, 0.05) is 11.5 Å². The summed E-state index contributed by atoms with van der Waals surface area (Å²) in [7, 11) is 1.91. The minimum Gasteiger partial charge on any atom is -0.392 e. The first kappa shape index (κ1) is 8.80. The summed E-state index contributed by atoms with van der Waals surface area (Å²) in [6, 6.07) is 3.83. The number of nitrogens with one attached hydrogen (secondary N) is 2. The standard InChI is InChI=1S/C8H10BrN3O/c1-12-7-3-5(4-13)2-6(9)8(7)10-11-12/h2-3,10-11,13H,4H2,1H3. The molecule has 5 heteroatoms. The monoisotopic (exact) mass is 243 g/mol. The molecule has 0 saturated heterocycles. The molecule has 0 aromatic heterocycles. The molecule has 1 aliphatic rings. The lowest BCUT2D eigenvalue weighted by molar-refractivity contribution is 0.282. The van der Waals surface area contributed by atoms with E-state index in [1.54, 1.807) is 0 Å². The van der Waals surface area contributed by atoms with Crippen molar-refractivity contribution >= 4 is 27.3 Å². The van der Waals surface area contributed by atoms with E-state index in [1.165, 1.54) is 0 Å². The summed E-state index contributed by atoms with van der Waals surface area (Å²) in [5.41, 5.74) is 8.88. The molecule has 0 saturated carbocycles. The van der Waals surface area contributed by atoms with Gasteiger partial charge in [-0.2, -0.15) is 0 Å². The number of halogens is 1. The van der Waals surface area contributed by atoms with Crippen molar-refractivity contribution in [3.05, 3.63) is 22.2 Å². The Bertz CT molecular complexity index is 342. The number of nitrogens with zero attached hydrogens (tertiary/aromatic N) is 1. The topological polar surface area (TPSA) is 47.5 Å². The molecule has 4 nitrogen and oxygen atoms in total. The number of rotatable bonds is 1. The second-order valence-electron chi connectivity index (χ2n) is 2.93. The van der Waals surface area contributed by atoms with Crippen LogP contribution in [0, 0.1) is 0 Å². The maximum atomic E-state index is 9.00. The molecule has 0 fully saturated rings. The van der Waals surface area contributed by atoms with Crippen LogP contribution in [0.15, 0.2) is 16.6 Å². The van der Waals surface area contributed by atoms with Gasteiger partial charge in [0.2, 0.25) is 0 Å². The third-order valence-electron chi connectivity index (χ3n) is 2.02. The molecule has 70 valence electrons. The molecule has 1 heterocycles. The lowest BCUT2D eigenvalue weighted by atomic mass is 10.2. The van der Waals surface area contributed by atoms with Gasteiger partial charge in [-0.15, -0.1) is 5.53 Å². The van der Waals surface area contributed by atoms with E-state index in [1.807, 2.05) is 24.2 Å². The fourth-order valence-corrected chi connectivity index (χ4v) is 1.92. The zero-order chi connectivity index (χ0) is 9.42. The summed E-state index contributed by atoms with van der Waals surface area (Å²) >= 11 is 3.43. The number of aliphatic hydroxyl groups is 1. The van der Waals surface area contributed by atoms with Gasteiger partial charge in [0.1, 0.15) is 0 Å². The van der Waals surface area contributed by atoms with Crippen LogP contribution in [0.2, 0.25) is 0 Å². The second-order valence-corrected chi connectivity index (χ2v) is 3.78. The van der Waals surface area contributed by atoms with Crippen LogP contribution in [-0.2, 0) is 6.61 Å². The Morgan fingerprint density at radius 2 is 2.31 bits per heavy atom. The molecule has 0 spiro atoms. The third-order valence-corrected chi connectivity index (χ3v) is 2.65. The molecule has 13 heavy (non-hydrogen) atoms. The summed E-state index contributed by atoms with van der Waals surface area (Å²) in [5, 5.41) is 10.9. The van der Waals surface area contributed by atoms with Crippen LogP contribution in [-0.4, -0.2) is 12.2 Å². The number of hydrogen-bond donors (Lipinski definition) is 3. The van der Waals surface area contributed by atoms with Gasteiger partial charge in [-0.05, 0) is 33.6 Å². The van der Waals surface area contributed by atoms with Gasteiger partial charge in [-0.1, -0.05) is 0 Å². The van der Waals surface area contributed by atoms with E-state index in [9.17, 15) is 0 Å². The third kappa shape index (κ3) is 1.39. The van der Waals surface area contributed by atoms with E-state index in [0.717, 1.165) is 21.4 Å². The van der Waals surface area contributed by atoms with Crippen molar-refractivity contribution in [2.24, 2.45) is 0 Å². The van der Waals surface area contributed by atoms with Crippen molar-refractivity contribution in [2.75, 3.05) is 17.5 Å². The Kier molecular flexibility index (Phi) is 2.15. The Morgan fingerprint density at radius 1 is 1.54 bits per heavy atom. The average Bonchev–Trinajstić information content (AvgIpc) is 2.48. The van der Waals surface area contributed by atoms with Crippen LogP contribution in [0.25, 0.3) is 0 Å². The Morgan fingerprint density at radius 3 is 3.00 bits per heavy atom. The molecule has 0 unspecified atom stereocenters. The summed E-state index contributed by atoms with van der Waals surface area (Å²) < 4.78 is 0.950. The predicted octanol–water partition coefficient (Wildman–Crippen LogP) is 1.22. The zero-order valence-electron chi connectivity index (χ0n) is 7.13. The summed E-state index contributed by atoms with van der Waals surface area (Å²) in [5.74, 6) is 0. The molecule has 0 atom stereocenters. The van der Waals surface area contributed by atoms with Crippen LogP contribution in [0.3, 0.4) is 0 Å². The smallest absolute Gasteiger partial charge is 0.0895 e. The summed E-state index contributed by atoms with van der Waals surface area (Å²) in [6.45, 7) is 0.0553. The minimum atomic E-state index is 0.0553. The number of hydrogen-bond acceptors (Lipinski definition) is 4. The maximum absolute atomic E-state index is 9.00. The molecule has 1 aliphatic heterocycles. The SMILES string of the molecule is CN1NNc2c(Br)cc(CO)cc21. The molecule has 2 rings (SSSR count). The van der Waals surface area contributed by atoms with Crippen molar-refractivity contribution in [1.29, 1.82) is 0 Å². The van der Waals surface area contributed by atoms with E-state index < -0.39 is 0 Å². The van der Waals surface area contributed by atoms with Gasteiger partial charge in [0.25, 0.3) is 0 Å². The number of fused-ring (bicyclic) bond motifs is 1. The molecule has 0 aliphatic carbocycles. The molecule has 0 amide bonds. The van der Waals surface area contributed by atoms with Gasteiger partial charge >= 0.3 is 0 Å². The van der Waals surface area contributed by atoms with Crippen LogP contribution in [0.5, 0.6) is 0 Å². The van der Waals surface area contributed by atoms with Crippen molar-refractivity contribution in [1.82, 2.24) is 5.53 Å². The van der Waals surface area contributed by atoms with E-state index in [0.29, 0.717) is 0 Å². The molecular formula is C8H10BrN3O. The van der Waals surface area contributed by atoms with Gasteiger partial charge in [-0.3, -0.25) is 5.01 Å². The highest BCUT2D eigenvalue weighted by Gasteiger charge is 2.17. The first-order chi connectivity index (χ1) is 6.22. The number of anilines is 2. The van der Waals surface area contributed by atoms with Crippen LogP contribution < -0.4 is 16.0 Å². The Balaban J connectivity index is 2.53. The van der Waals surface area contributed by atoms with Gasteiger partial charge in [0.05, 0.1) is 18.0 Å². The lowest BCUT2D eigenvalue weighted by Gasteiger charge is -2.10. The maximum Gasteiger partial charge on any atom is 0.0895 e. The Hall–Kier alpha value is -0.780. The molecule has 0 bridgehead atoms. The fourth-order valence-electron chi connectivity index (χ4n) is 1.33. The minimum absolute atomic E-state index is 0.0553. The highest BCUT2D eigenvalue weighted by atomic mass is 79.9. The predicted molar refractivity (Wildman–Crippen MR) is 55.2 cm³/mol. The lowest BCUT2D eigenvalue weighted by Crippen LogP contribution is -2.31. The largest absolute Gasteiger partial charge is 0.392 e. The van der Waals surface area contributed by atoms with E-state index in [-0.39, 0.29) is 6.61 Å². The molecule has 1 aromatic rings. The van der Waals surface area contributed by atoms with E-state index in [4.69, 9.17) is 5.11 Å². The molecular weight excluding hydrogens is 234 g/mol. The van der Waals surface area contributed by atoms with Crippen molar-refractivity contribution in [2.45, 2.75) is 6.61 Å². The molecule has 3 N–H and O–H groups in total. The van der Waals surface area contributed by atoms with E-state index >= 15 is 0 Å². The molecule has 1 aromatic carbocycles. The number of aliphatic hydroxyl groups excluding tert-OH is 1. The van der Waals surface area contributed by atoms with Crippen molar-refractivity contribution in [3.63, 3.8) is 0 Å². The first-order valence-corrected chi connectivity index (χ1v) is 4.70. The van der Waals surface area contributed by atoms with Crippen LogP contribution >= 0.6 is 15.9 Å². The highest BCUT2D eigenvalue weighted by molar-refractivity contribution is 9.10. The van der Waals surface area contributed by atoms with E-state index in [2.05, 4.69) is 26.9 Å². The summed E-state index contributed by atoms with van der Waals surface area (Å²) in [6.07, 6.45) is 0. The summed E-state index contributed by atoms with van der Waals surface area (Å²) in [4.78, 5) is 0. The van der Waals surface area contributed by atoms with Crippen LogP contribution in [0.4, 0.5) is 11.4 Å². The second kappa shape index (κ2) is 3.17. The van der Waals surface area contributed by atoms with Gasteiger partial charge in [-0.25, -0.2) is 0 Å². The van der Waals surface area contributed by atoms with Crippen molar-refractivity contribution in [3.8, 4) is 0 Å². The number of benzene rings is 1. The van der Waals surface area contributed by atoms with Gasteiger partial charge in [0.15, 0.2) is 0 Å². The zero-order valence-corrected chi connectivity index (χ0v) is 8.72. The molecule has 0 radical (unpaired) electrons. The quantitative estimate of drug-likeness (QED) is 0.695. The normalized spacial score (nSPS) is 14.2. The average molecular weight is 244 g/mol. The fraction of sp³-hybridized carbons (Fsp3) is 0.250. The first-order valence-electron chi connectivity index (χ1n) is 3.91. The van der Waals surface area contributed by atoms with Crippen molar-refractivity contribution < 1.29 is 5.11 Å². The Labute approximate surface area is 84.6 Å².